The molecule has 0 unspecified atom stereocenters. The van der Waals surface area contributed by atoms with Crippen LogP contribution in [0.5, 0.6) is 11.5 Å². The van der Waals surface area contributed by atoms with E-state index in [4.69, 9.17) is 9.72 Å². The van der Waals surface area contributed by atoms with Crippen LogP contribution in [0.1, 0.15) is 77.6 Å². The molecule has 0 fully saturated rings. The van der Waals surface area contributed by atoms with Gasteiger partial charge in [-0.1, -0.05) is 91.4 Å². The number of benzene rings is 4. The van der Waals surface area contributed by atoms with Gasteiger partial charge in [0.25, 0.3) is 0 Å². The van der Waals surface area contributed by atoms with Gasteiger partial charge in [0.05, 0.1) is 0 Å². The van der Waals surface area contributed by atoms with Crippen LogP contribution in [0.25, 0.3) is 0 Å². The molecule has 0 aliphatic carbocycles. The maximum absolute atomic E-state index is 6.70. The van der Waals surface area contributed by atoms with Crippen molar-refractivity contribution in [2.75, 3.05) is 21.7 Å². The summed E-state index contributed by atoms with van der Waals surface area (Å²) in [4.78, 5) is 11.5. The molecule has 5 nitrogen and oxygen atoms in total. The van der Waals surface area contributed by atoms with Crippen molar-refractivity contribution in [1.82, 2.24) is 4.98 Å². The van der Waals surface area contributed by atoms with Gasteiger partial charge in [-0.3, -0.25) is 0 Å². The zero-order chi connectivity index (χ0) is 33.3. The van der Waals surface area contributed by atoms with E-state index in [1.807, 2.05) is 12.3 Å². The molecule has 0 saturated carbocycles. The molecule has 250 valence electrons. The van der Waals surface area contributed by atoms with Crippen LogP contribution in [0.4, 0.5) is 34.3 Å². The monoisotopic (exact) mass is 814 g/mol. The van der Waals surface area contributed by atoms with Crippen LogP contribution in [0.3, 0.4) is 0 Å². The van der Waals surface area contributed by atoms with Crippen molar-refractivity contribution in [3.63, 3.8) is 0 Å². The van der Waals surface area contributed by atoms with Crippen molar-refractivity contribution < 1.29 is 25.8 Å². The van der Waals surface area contributed by atoms with Gasteiger partial charge in [-0.15, -0.1) is 47.1 Å². The second-order valence-corrected chi connectivity index (χ2v) is 15.3. The summed E-state index contributed by atoms with van der Waals surface area (Å²) in [5, 5.41) is 0. The molecule has 2 aliphatic rings. The number of para-hydroxylation sites is 3. The van der Waals surface area contributed by atoms with Gasteiger partial charge in [-0.2, -0.15) is 12.7 Å². The van der Waals surface area contributed by atoms with Crippen molar-refractivity contribution in [1.29, 1.82) is 0 Å². The molecule has 4 aromatic carbocycles. The van der Waals surface area contributed by atoms with Crippen LogP contribution >= 0.6 is 0 Å². The fraction of sp³-hybridized carbons (Fsp3) is 0.286. The summed E-state index contributed by atoms with van der Waals surface area (Å²) in [6.45, 7) is 20.1. The Balaban J connectivity index is 0.00000401. The first-order valence-corrected chi connectivity index (χ1v) is 16.4. The van der Waals surface area contributed by atoms with Gasteiger partial charge in [0, 0.05) is 55.8 Å². The molecule has 5 aromatic rings. The summed E-state index contributed by atoms with van der Waals surface area (Å²) in [6, 6.07) is 37.2. The number of pyridine rings is 1. The van der Waals surface area contributed by atoms with Crippen molar-refractivity contribution >= 4 is 34.3 Å². The topological polar surface area (TPSA) is 31.8 Å². The van der Waals surface area contributed by atoms with Crippen LogP contribution < -0.4 is 19.4 Å². The van der Waals surface area contributed by atoms with Gasteiger partial charge in [-0.25, -0.2) is 4.98 Å². The molecule has 0 spiro atoms. The number of ether oxygens (including phenoxy) is 1. The largest absolute Gasteiger partial charge is 0.509 e. The molecule has 7 rings (SSSR count). The normalized spacial score (nSPS) is 15.0. The number of hydrogen-bond acceptors (Lipinski definition) is 5. The Kier molecular flexibility index (Phi) is 8.53. The quantitative estimate of drug-likeness (QED) is 0.169. The smallest absolute Gasteiger partial charge is 0.135 e. The van der Waals surface area contributed by atoms with Crippen LogP contribution in [0, 0.1) is 18.8 Å². The Bertz CT molecular complexity index is 1990. The van der Waals surface area contributed by atoms with E-state index in [1.165, 1.54) is 22.3 Å². The molecule has 2 aliphatic heterocycles. The third kappa shape index (κ3) is 5.92. The Hall–Kier alpha value is -4.08. The van der Waals surface area contributed by atoms with E-state index in [0.29, 0.717) is 11.5 Å². The van der Waals surface area contributed by atoms with Gasteiger partial charge in [-0.05, 0) is 64.8 Å². The Morgan fingerprint density at radius 3 is 2.08 bits per heavy atom. The zero-order valence-corrected chi connectivity index (χ0v) is 31.5. The number of rotatable bonds is 4. The second kappa shape index (κ2) is 12.1. The molecule has 1 aromatic heterocycles. The fourth-order valence-electron chi connectivity index (χ4n) is 6.63. The van der Waals surface area contributed by atoms with Crippen LogP contribution in [0.15, 0.2) is 91.1 Å². The van der Waals surface area contributed by atoms with Crippen molar-refractivity contribution in [3.05, 3.63) is 132 Å². The molecule has 3 heterocycles. The molecule has 0 saturated heterocycles. The summed E-state index contributed by atoms with van der Waals surface area (Å²) in [6.07, 6.45) is 1.91. The van der Waals surface area contributed by atoms with Gasteiger partial charge < -0.3 is 19.4 Å². The SMILES string of the molecule is CN1[CH-]N(c2[c-]c(Oc3[c-]c4c(cc3)C(C)(C)c3ccccc3N4c3cc(C(C)(C)C)ccn3)cc(C(C)(C)C)c2)c2ccccc21.[Pt]. The molecular weight excluding hydrogens is 772 g/mol. The average Bonchev–Trinajstić information content (AvgIpc) is 3.37. The molecule has 0 N–H and O–H groups in total. The van der Waals surface area contributed by atoms with Crippen LogP contribution in [0.2, 0.25) is 0 Å². The van der Waals surface area contributed by atoms with E-state index in [-0.39, 0.29) is 37.3 Å². The molecule has 48 heavy (non-hydrogen) atoms. The number of aromatic nitrogens is 1. The Morgan fingerprint density at radius 2 is 1.38 bits per heavy atom. The molecular formula is C42H43N4OPt-3. The minimum atomic E-state index is -0.241. The molecule has 0 amide bonds. The van der Waals surface area contributed by atoms with E-state index in [2.05, 4.69) is 175 Å². The molecule has 0 atom stereocenters. The second-order valence-electron chi connectivity index (χ2n) is 15.3. The summed E-state index contributed by atoms with van der Waals surface area (Å²) >= 11 is 0. The first-order chi connectivity index (χ1) is 22.2. The van der Waals surface area contributed by atoms with Gasteiger partial charge in [0.2, 0.25) is 0 Å². The van der Waals surface area contributed by atoms with E-state index >= 15 is 0 Å². The third-order valence-electron chi connectivity index (χ3n) is 9.44. The van der Waals surface area contributed by atoms with E-state index in [9.17, 15) is 0 Å². The maximum atomic E-state index is 6.70. The number of anilines is 6. The predicted molar refractivity (Wildman–Crippen MR) is 194 cm³/mol. The Morgan fingerprint density at radius 1 is 0.708 bits per heavy atom. The molecule has 0 bridgehead atoms. The van der Waals surface area contributed by atoms with Crippen LogP contribution in [-0.4, -0.2) is 12.0 Å². The van der Waals surface area contributed by atoms with E-state index in [1.54, 1.807) is 0 Å². The number of nitrogens with zero attached hydrogens (tertiary/aromatic N) is 4. The minimum absolute atomic E-state index is 0. The summed E-state index contributed by atoms with van der Waals surface area (Å²) in [7, 11) is 2.07. The average molecular weight is 815 g/mol. The van der Waals surface area contributed by atoms with Gasteiger partial charge in [0.1, 0.15) is 5.82 Å². The van der Waals surface area contributed by atoms with Crippen LogP contribution in [-0.2, 0) is 37.3 Å². The van der Waals surface area contributed by atoms with Gasteiger partial charge >= 0.3 is 0 Å². The minimum Gasteiger partial charge on any atom is -0.509 e. The van der Waals surface area contributed by atoms with Crippen molar-refractivity contribution in [2.45, 2.75) is 71.6 Å². The maximum Gasteiger partial charge on any atom is 0.135 e. The number of fused-ring (bicyclic) bond motifs is 3. The van der Waals surface area contributed by atoms with Gasteiger partial charge in [0.15, 0.2) is 0 Å². The first-order valence-electron chi connectivity index (χ1n) is 16.4. The zero-order valence-electron chi connectivity index (χ0n) is 29.3. The standard InChI is InChI=1S/C42H43N4O.Pt/c1-40(2,3)28-20-21-43-39(24-28)46-35-15-11-10-14-33(35)42(7,8)34-19-18-31(26-38(34)46)47-32-23-29(41(4,5)6)22-30(25-32)45-27-44(9)36-16-12-13-17-37(36)45;/h10-24,27H,1-9H3;/q-3;. The first kappa shape index (κ1) is 33.8. The Labute approximate surface area is 300 Å². The van der Waals surface area contributed by atoms with E-state index < -0.39 is 0 Å². The number of hydrogen-bond donors (Lipinski definition) is 0. The summed E-state index contributed by atoms with van der Waals surface area (Å²) in [5.41, 5.74) is 9.71. The summed E-state index contributed by atoms with van der Waals surface area (Å²) < 4.78 is 6.70. The molecule has 6 heteroatoms. The molecule has 0 radical (unpaired) electrons. The fourth-order valence-corrected chi connectivity index (χ4v) is 6.63. The van der Waals surface area contributed by atoms with Crippen molar-refractivity contribution in [2.24, 2.45) is 0 Å². The third-order valence-corrected chi connectivity index (χ3v) is 9.44. The van der Waals surface area contributed by atoms with Crippen molar-refractivity contribution in [3.8, 4) is 11.5 Å². The summed E-state index contributed by atoms with van der Waals surface area (Å²) in [5.74, 6) is 2.15. The van der Waals surface area contributed by atoms with E-state index in [0.717, 1.165) is 34.3 Å². The predicted octanol–water partition coefficient (Wildman–Crippen LogP) is 10.9.